The van der Waals surface area contributed by atoms with Crippen LogP contribution in [0.1, 0.15) is 5.56 Å². The minimum atomic E-state index is -3.56. The molecule has 0 unspecified atom stereocenters. The number of rotatable bonds is 5. The Kier molecular flexibility index (Phi) is 4.28. The number of pyridine rings is 2. The van der Waals surface area contributed by atoms with Crippen LogP contribution >= 0.6 is 11.3 Å². The van der Waals surface area contributed by atoms with Crippen LogP contribution in [0.5, 0.6) is 0 Å². The zero-order valence-electron chi connectivity index (χ0n) is 11.5. The van der Waals surface area contributed by atoms with E-state index in [1.807, 2.05) is 23.6 Å². The summed E-state index contributed by atoms with van der Waals surface area (Å²) in [5.41, 5.74) is 1.78. The van der Waals surface area contributed by atoms with Gasteiger partial charge in [0.15, 0.2) is 0 Å². The molecule has 1 N–H and O–H groups in total. The molecule has 0 radical (unpaired) electrons. The lowest BCUT2D eigenvalue weighted by molar-refractivity contribution is 0.581. The summed E-state index contributed by atoms with van der Waals surface area (Å²) in [5, 5.41) is 1.99. The van der Waals surface area contributed by atoms with E-state index < -0.39 is 10.0 Å². The van der Waals surface area contributed by atoms with Gasteiger partial charge in [-0.2, -0.15) is 0 Å². The summed E-state index contributed by atoms with van der Waals surface area (Å²) in [6.45, 7) is 0.184. The minimum absolute atomic E-state index is 0.150. The molecule has 3 aromatic rings. The van der Waals surface area contributed by atoms with Gasteiger partial charge in [0.25, 0.3) is 0 Å². The average Bonchev–Trinajstić information content (AvgIpc) is 3.09. The van der Waals surface area contributed by atoms with Crippen molar-refractivity contribution in [3.8, 4) is 10.4 Å². The third kappa shape index (κ3) is 3.38. The van der Waals surface area contributed by atoms with Crippen molar-refractivity contribution in [3.05, 3.63) is 66.1 Å². The first-order chi connectivity index (χ1) is 10.6. The van der Waals surface area contributed by atoms with Crippen LogP contribution in [0.2, 0.25) is 0 Å². The summed E-state index contributed by atoms with van der Waals surface area (Å²) in [6, 6.07) is 9.01. The number of sulfonamides is 1. The summed E-state index contributed by atoms with van der Waals surface area (Å²) in [4.78, 5) is 9.25. The average molecular weight is 331 g/mol. The fraction of sp³-hybridized carbons (Fsp3) is 0.0667. The molecule has 5 nitrogen and oxygen atoms in total. The number of aromatic nitrogens is 2. The Bertz CT molecular complexity index is 848. The van der Waals surface area contributed by atoms with Gasteiger partial charge in [-0.25, -0.2) is 13.1 Å². The maximum absolute atomic E-state index is 12.1. The van der Waals surface area contributed by atoms with Gasteiger partial charge in [0.2, 0.25) is 10.0 Å². The highest BCUT2D eigenvalue weighted by Crippen LogP contribution is 2.24. The SMILES string of the molecule is O=S(=O)(NCc1cncc(-c2cccs2)c1)c1cccnc1. The van der Waals surface area contributed by atoms with Gasteiger partial charge in [0.05, 0.1) is 0 Å². The van der Waals surface area contributed by atoms with Crippen molar-refractivity contribution >= 4 is 21.4 Å². The fourth-order valence-electron chi connectivity index (χ4n) is 1.93. The third-order valence-electron chi connectivity index (χ3n) is 3.01. The van der Waals surface area contributed by atoms with Gasteiger partial charge in [-0.15, -0.1) is 11.3 Å². The molecule has 0 bridgehead atoms. The Labute approximate surface area is 132 Å². The monoisotopic (exact) mass is 331 g/mol. The molecule has 0 saturated carbocycles. The van der Waals surface area contributed by atoms with Gasteiger partial charge in [0.1, 0.15) is 4.90 Å². The zero-order valence-corrected chi connectivity index (χ0v) is 13.1. The molecule has 0 spiro atoms. The largest absolute Gasteiger partial charge is 0.264 e. The van der Waals surface area contributed by atoms with Crippen LogP contribution in [-0.2, 0) is 16.6 Å². The molecule has 22 heavy (non-hydrogen) atoms. The van der Waals surface area contributed by atoms with Gasteiger partial charge in [-0.1, -0.05) is 6.07 Å². The molecule has 0 saturated heterocycles. The van der Waals surface area contributed by atoms with Crippen LogP contribution in [0.4, 0.5) is 0 Å². The molecule has 7 heteroatoms. The molecule has 0 aromatic carbocycles. The lowest BCUT2D eigenvalue weighted by Gasteiger charge is -2.07. The van der Waals surface area contributed by atoms with E-state index in [9.17, 15) is 8.42 Å². The summed E-state index contributed by atoms with van der Waals surface area (Å²) in [6.07, 6.45) is 6.28. The first-order valence-electron chi connectivity index (χ1n) is 6.53. The first kappa shape index (κ1) is 14.8. The van der Waals surface area contributed by atoms with Gasteiger partial charge >= 0.3 is 0 Å². The van der Waals surface area contributed by atoms with Crippen molar-refractivity contribution in [2.75, 3.05) is 0 Å². The van der Waals surface area contributed by atoms with Gasteiger partial charge in [-0.05, 0) is 35.2 Å². The second kappa shape index (κ2) is 6.35. The van der Waals surface area contributed by atoms with E-state index in [2.05, 4.69) is 14.7 Å². The summed E-state index contributed by atoms with van der Waals surface area (Å²) < 4.78 is 26.9. The van der Waals surface area contributed by atoms with Crippen molar-refractivity contribution in [1.29, 1.82) is 0 Å². The normalized spacial score (nSPS) is 11.5. The number of nitrogens with zero attached hydrogens (tertiary/aromatic N) is 2. The van der Waals surface area contributed by atoms with Crippen LogP contribution in [0, 0.1) is 0 Å². The molecule has 0 aliphatic carbocycles. The molecule has 0 aliphatic heterocycles. The molecular formula is C15H13N3O2S2. The second-order valence-electron chi connectivity index (χ2n) is 4.57. The highest BCUT2D eigenvalue weighted by molar-refractivity contribution is 7.89. The van der Waals surface area contributed by atoms with E-state index in [0.29, 0.717) is 0 Å². The molecule has 3 heterocycles. The van der Waals surface area contributed by atoms with Crippen molar-refractivity contribution in [2.45, 2.75) is 11.4 Å². The Balaban J connectivity index is 1.76. The number of thiophene rings is 1. The van der Waals surface area contributed by atoms with E-state index in [1.165, 1.54) is 18.5 Å². The number of nitrogens with one attached hydrogen (secondary N) is 1. The van der Waals surface area contributed by atoms with Crippen molar-refractivity contribution < 1.29 is 8.42 Å². The molecule has 0 fully saturated rings. The third-order valence-corrected chi connectivity index (χ3v) is 5.32. The molecule has 0 aliphatic rings. The predicted octanol–water partition coefficient (Wildman–Crippen LogP) is 2.68. The molecule has 3 aromatic heterocycles. The van der Waals surface area contributed by atoms with E-state index in [1.54, 1.807) is 29.8 Å². The number of hydrogen-bond acceptors (Lipinski definition) is 5. The summed E-state index contributed by atoms with van der Waals surface area (Å²) in [5.74, 6) is 0. The standard InChI is InChI=1S/C15H13N3O2S2/c19-22(20,14-3-1-5-16-11-14)18-9-12-7-13(10-17-8-12)15-4-2-6-21-15/h1-8,10-11,18H,9H2. The maximum atomic E-state index is 12.1. The maximum Gasteiger partial charge on any atom is 0.242 e. The lowest BCUT2D eigenvalue weighted by Crippen LogP contribution is -2.23. The van der Waals surface area contributed by atoms with E-state index in [-0.39, 0.29) is 11.4 Å². The molecule has 112 valence electrons. The van der Waals surface area contributed by atoms with E-state index in [0.717, 1.165) is 16.0 Å². The molecular weight excluding hydrogens is 318 g/mol. The van der Waals surface area contributed by atoms with Gasteiger partial charge < -0.3 is 0 Å². The van der Waals surface area contributed by atoms with E-state index >= 15 is 0 Å². The predicted molar refractivity (Wildman–Crippen MR) is 85.8 cm³/mol. The van der Waals surface area contributed by atoms with Gasteiger partial charge in [-0.3, -0.25) is 9.97 Å². The Morgan fingerprint density at radius 3 is 2.73 bits per heavy atom. The molecule has 0 atom stereocenters. The smallest absolute Gasteiger partial charge is 0.242 e. The zero-order chi connectivity index (χ0) is 15.4. The quantitative estimate of drug-likeness (QED) is 0.780. The second-order valence-corrected chi connectivity index (χ2v) is 7.29. The number of hydrogen-bond donors (Lipinski definition) is 1. The summed E-state index contributed by atoms with van der Waals surface area (Å²) >= 11 is 1.62. The highest BCUT2D eigenvalue weighted by atomic mass is 32.2. The van der Waals surface area contributed by atoms with Crippen LogP contribution < -0.4 is 4.72 Å². The minimum Gasteiger partial charge on any atom is -0.264 e. The molecule has 3 rings (SSSR count). The van der Waals surface area contributed by atoms with Gasteiger partial charge in [0, 0.05) is 41.8 Å². The summed E-state index contributed by atoms with van der Waals surface area (Å²) in [7, 11) is -3.56. The van der Waals surface area contributed by atoms with Crippen molar-refractivity contribution in [2.24, 2.45) is 0 Å². The van der Waals surface area contributed by atoms with Crippen molar-refractivity contribution in [3.63, 3.8) is 0 Å². The van der Waals surface area contributed by atoms with Crippen LogP contribution in [0.15, 0.2) is 65.4 Å². The first-order valence-corrected chi connectivity index (χ1v) is 8.89. The Morgan fingerprint density at radius 1 is 1.09 bits per heavy atom. The van der Waals surface area contributed by atoms with Crippen LogP contribution in [0.25, 0.3) is 10.4 Å². The van der Waals surface area contributed by atoms with Crippen molar-refractivity contribution in [1.82, 2.24) is 14.7 Å². The Morgan fingerprint density at radius 2 is 2.00 bits per heavy atom. The topological polar surface area (TPSA) is 72.0 Å². The van der Waals surface area contributed by atoms with Crippen LogP contribution in [-0.4, -0.2) is 18.4 Å². The highest BCUT2D eigenvalue weighted by Gasteiger charge is 2.13. The van der Waals surface area contributed by atoms with Crippen LogP contribution in [0.3, 0.4) is 0 Å². The van der Waals surface area contributed by atoms with E-state index in [4.69, 9.17) is 0 Å². The molecule has 0 amide bonds. The fourth-order valence-corrected chi connectivity index (χ4v) is 3.62. The lowest BCUT2D eigenvalue weighted by atomic mass is 10.2. The Hall–Kier alpha value is -2.09.